The summed E-state index contributed by atoms with van der Waals surface area (Å²) in [6, 6.07) is 12.1. The molecule has 3 aliphatic rings. The number of pyridine rings is 1. The van der Waals surface area contributed by atoms with E-state index in [1.807, 2.05) is 21.6 Å². The van der Waals surface area contributed by atoms with Crippen LogP contribution in [0.15, 0.2) is 53.3 Å². The van der Waals surface area contributed by atoms with Crippen LogP contribution in [-0.2, 0) is 11.3 Å². The molecule has 2 aromatic rings. The molecule has 0 saturated carbocycles. The maximum atomic E-state index is 12.8. The minimum atomic E-state index is 0.115. The van der Waals surface area contributed by atoms with E-state index in [-0.39, 0.29) is 11.5 Å². The van der Waals surface area contributed by atoms with Crippen LogP contribution in [0.1, 0.15) is 29.2 Å². The lowest BCUT2D eigenvalue weighted by Gasteiger charge is -2.42. The van der Waals surface area contributed by atoms with Gasteiger partial charge in [0.1, 0.15) is 0 Å². The highest BCUT2D eigenvalue weighted by molar-refractivity contribution is 5.87. The monoisotopic (exact) mass is 446 g/mol. The summed E-state index contributed by atoms with van der Waals surface area (Å²) in [5.41, 5.74) is 5.23. The van der Waals surface area contributed by atoms with Crippen molar-refractivity contribution in [1.29, 1.82) is 0 Å². The van der Waals surface area contributed by atoms with E-state index < -0.39 is 0 Å². The number of rotatable bonds is 4. The van der Waals surface area contributed by atoms with Gasteiger partial charge in [0.25, 0.3) is 5.56 Å². The lowest BCUT2D eigenvalue weighted by molar-refractivity contribution is -0.126. The Hall–Kier alpha value is -2.86. The number of benzene rings is 1. The number of hydrogen-bond acceptors (Lipinski definition) is 4. The molecule has 6 nitrogen and oxygen atoms in total. The summed E-state index contributed by atoms with van der Waals surface area (Å²) < 4.78 is 1.97. The first-order valence-electron chi connectivity index (χ1n) is 12.2. The zero-order chi connectivity index (χ0) is 22.9. The van der Waals surface area contributed by atoms with Gasteiger partial charge in [0.05, 0.1) is 0 Å². The Morgan fingerprint density at radius 2 is 1.79 bits per heavy atom. The molecule has 2 unspecified atom stereocenters. The van der Waals surface area contributed by atoms with Crippen LogP contribution in [-0.4, -0.2) is 66.1 Å². The maximum absolute atomic E-state index is 12.8. The van der Waals surface area contributed by atoms with Gasteiger partial charge in [-0.15, -0.1) is 0 Å². The van der Waals surface area contributed by atoms with Crippen LogP contribution >= 0.6 is 0 Å². The van der Waals surface area contributed by atoms with Crippen molar-refractivity contribution in [3.05, 3.63) is 75.7 Å². The number of piperidine rings is 1. The van der Waals surface area contributed by atoms with Crippen molar-refractivity contribution in [3.8, 4) is 0 Å². The molecule has 1 amide bonds. The van der Waals surface area contributed by atoms with Crippen molar-refractivity contribution in [2.24, 2.45) is 5.92 Å². The number of piperazine rings is 1. The van der Waals surface area contributed by atoms with E-state index in [9.17, 15) is 9.59 Å². The highest BCUT2D eigenvalue weighted by atomic mass is 16.2. The molecule has 0 aliphatic carbocycles. The molecule has 4 heterocycles. The van der Waals surface area contributed by atoms with Crippen molar-refractivity contribution < 1.29 is 4.79 Å². The number of fused-ring (bicyclic) bond motifs is 4. The normalized spacial score (nSPS) is 23.1. The second-order valence-corrected chi connectivity index (χ2v) is 9.85. The van der Waals surface area contributed by atoms with Crippen LogP contribution < -0.4 is 10.5 Å². The first-order valence-corrected chi connectivity index (χ1v) is 12.2. The minimum Gasteiger partial charge on any atom is -0.368 e. The fourth-order valence-corrected chi connectivity index (χ4v) is 5.80. The average Bonchev–Trinajstić information content (AvgIpc) is 2.82. The average molecular weight is 447 g/mol. The van der Waals surface area contributed by atoms with Gasteiger partial charge in [0, 0.05) is 81.8 Å². The Morgan fingerprint density at radius 1 is 1.00 bits per heavy atom. The number of amides is 1. The molecule has 2 bridgehead atoms. The first kappa shape index (κ1) is 22.0. The minimum absolute atomic E-state index is 0.115. The van der Waals surface area contributed by atoms with Crippen LogP contribution in [0.4, 0.5) is 5.69 Å². The SMILES string of the molecule is Cc1cccc(N2CCN(C(=O)C=CCN3CC4CC(C3)c3cccc(=O)n3C4)CC2)c1C. The molecule has 3 aliphatic heterocycles. The van der Waals surface area contributed by atoms with E-state index in [2.05, 4.69) is 47.9 Å². The third kappa shape index (κ3) is 4.49. The van der Waals surface area contributed by atoms with Crippen molar-refractivity contribution in [1.82, 2.24) is 14.4 Å². The van der Waals surface area contributed by atoms with Gasteiger partial charge in [-0.25, -0.2) is 0 Å². The number of carbonyl (C=O) groups is 1. The summed E-state index contributed by atoms with van der Waals surface area (Å²) in [4.78, 5) is 31.8. The van der Waals surface area contributed by atoms with Gasteiger partial charge in [-0.05, 0) is 49.4 Å². The highest BCUT2D eigenvalue weighted by Gasteiger charge is 2.34. The molecule has 33 heavy (non-hydrogen) atoms. The van der Waals surface area contributed by atoms with E-state index in [0.29, 0.717) is 11.8 Å². The van der Waals surface area contributed by atoms with Crippen LogP contribution in [0.5, 0.6) is 0 Å². The molecule has 2 saturated heterocycles. The quantitative estimate of drug-likeness (QED) is 0.678. The Bertz CT molecular complexity index is 1110. The summed E-state index contributed by atoms with van der Waals surface area (Å²) in [5.74, 6) is 1.04. The van der Waals surface area contributed by atoms with Gasteiger partial charge in [-0.1, -0.05) is 24.3 Å². The number of aryl methyl sites for hydroxylation is 1. The fraction of sp³-hybridized carbons (Fsp3) is 0.481. The third-order valence-electron chi connectivity index (χ3n) is 7.69. The molecular formula is C27H34N4O2. The summed E-state index contributed by atoms with van der Waals surface area (Å²) in [6.45, 7) is 11.1. The van der Waals surface area contributed by atoms with E-state index in [0.717, 1.165) is 58.8 Å². The summed E-state index contributed by atoms with van der Waals surface area (Å²) in [6.07, 6.45) is 4.95. The molecular weight excluding hydrogens is 412 g/mol. The van der Waals surface area contributed by atoms with E-state index in [1.54, 1.807) is 12.1 Å². The number of aromatic nitrogens is 1. The summed E-state index contributed by atoms with van der Waals surface area (Å²) >= 11 is 0. The van der Waals surface area contributed by atoms with Crippen molar-refractivity contribution in [3.63, 3.8) is 0 Å². The second-order valence-electron chi connectivity index (χ2n) is 9.85. The fourth-order valence-electron chi connectivity index (χ4n) is 5.80. The van der Waals surface area contributed by atoms with Crippen LogP contribution in [0.3, 0.4) is 0 Å². The van der Waals surface area contributed by atoms with Gasteiger partial charge < -0.3 is 14.4 Å². The number of nitrogens with zero attached hydrogens (tertiary/aromatic N) is 4. The number of likely N-dealkylation sites (tertiary alicyclic amines) is 1. The molecule has 0 radical (unpaired) electrons. The first-order chi connectivity index (χ1) is 16.0. The molecule has 5 rings (SSSR count). The van der Waals surface area contributed by atoms with Crippen molar-refractivity contribution in [2.45, 2.75) is 32.7 Å². The number of carbonyl (C=O) groups excluding carboxylic acids is 1. The Kier molecular flexibility index (Phi) is 6.11. The molecule has 0 spiro atoms. The zero-order valence-electron chi connectivity index (χ0n) is 19.7. The Labute approximate surface area is 196 Å². The van der Waals surface area contributed by atoms with Crippen molar-refractivity contribution in [2.75, 3.05) is 50.7 Å². The van der Waals surface area contributed by atoms with Crippen LogP contribution in [0.25, 0.3) is 0 Å². The third-order valence-corrected chi connectivity index (χ3v) is 7.69. The number of anilines is 1. The topological polar surface area (TPSA) is 48.8 Å². The second kappa shape index (κ2) is 9.18. The Morgan fingerprint density at radius 3 is 2.61 bits per heavy atom. The predicted molar refractivity (Wildman–Crippen MR) is 132 cm³/mol. The van der Waals surface area contributed by atoms with Crippen LogP contribution in [0, 0.1) is 19.8 Å². The van der Waals surface area contributed by atoms with Gasteiger partial charge >= 0.3 is 0 Å². The highest BCUT2D eigenvalue weighted by Crippen LogP contribution is 2.34. The molecule has 1 aromatic carbocycles. The lowest BCUT2D eigenvalue weighted by Crippen LogP contribution is -2.48. The van der Waals surface area contributed by atoms with Gasteiger partial charge in [0.15, 0.2) is 0 Å². The molecule has 2 atom stereocenters. The lowest BCUT2D eigenvalue weighted by atomic mass is 9.83. The smallest absolute Gasteiger partial charge is 0.250 e. The standard InChI is InChI=1S/C27H34N4O2/c1-20-6-3-7-24(21(20)2)29-12-14-30(15-13-29)26(32)10-5-11-28-17-22-16-23(19-28)25-8-4-9-27(33)31(25)18-22/h3-10,22-23H,11-19H2,1-2H3. The van der Waals surface area contributed by atoms with E-state index in [4.69, 9.17) is 0 Å². The summed E-state index contributed by atoms with van der Waals surface area (Å²) in [7, 11) is 0. The zero-order valence-corrected chi connectivity index (χ0v) is 19.7. The maximum Gasteiger partial charge on any atom is 0.250 e. The van der Waals surface area contributed by atoms with Crippen molar-refractivity contribution >= 4 is 11.6 Å². The molecule has 0 N–H and O–H groups in total. The van der Waals surface area contributed by atoms with Gasteiger partial charge in [-0.2, -0.15) is 0 Å². The largest absolute Gasteiger partial charge is 0.368 e. The van der Waals surface area contributed by atoms with E-state index in [1.165, 1.54) is 22.5 Å². The Balaban J connectivity index is 1.14. The van der Waals surface area contributed by atoms with Crippen LogP contribution in [0.2, 0.25) is 0 Å². The van der Waals surface area contributed by atoms with Gasteiger partial charge in [0.2, 0.25) is 5.91 Å². The molecule has 1 aromatic heterocycles. The van der Waals surface area contributed by atoms with E-state index >= 15 is 0 Å². The molecule has 2 fully saturated rings. The summed E-state index contributed by atoms with van der Waals surface area (Å²) in [5, 5.41) is 0. The number of hydrogen-bond donors (Lipinski definition) is 0. The molecule has 6 heteroatoms. The van der Waals surface area contributed by atoms with Gasteiger partial charge in [-0.3, -0.25) is 14.5 Å². The predicted octanol–water partition coefficient (Wildman–Crippen LogP) is 2.79. The molecule has 174 valence electrons.